The summed E-state index contributed by atoms with van der Waals surface area (Å²) >= 11 is 0. The summed E-state index contributed by atoms with van der Waals surface area (Å²) in [7, 11) is -0.993. The molecular weight excluding hydrogens is 340 g/mol. The highest BCUT2D eigenvalue weighted by Gasteiger charge is 2.35. The van der Waals surface area contributed by atoms with Gasteiger partial charge < -0.3 is 9.74 Å². The second-order valence-electron chi connectivity index (χ2n) is 7.84. The largest absolute Gasteiger partial charge is 0.352 e. The lowest BCUT2D eigenvalue weighted by molar-refractivity contribution is -0.0185. The summed E-state index contributed by atoms with van der Waals surface area (Å²) in [5.41, 5.74) is 0. The van der Waals surface area contributed by atoms with E-state index in [0.717, 1.165) is 37.9 Å². The normalized spacial score (nSPS) is 31.2. The molecule has 0 spiro atoms. The van der Waals surface area contributed by atoms with Gasteiger partial charge in [-0.2, -0.15) is 0 Å². The Kier molecular flexibility index (Phi) is 6.22. The fourth-order valence-corrected chi connectivity index (χ4v) is 4.80. The Morgan fingerprint density at radius 2 is 1.84 bits per heavy atom. The first-order valence-corrected chi connectivity index (χ1v) is 11.5. The quantitative estimate of drug-likeness (QED) is 0.712. The number of rotatable bonds is 7. The van der Waals surface area contributed by atoms with Gasteiger partial charge in [0, 0.05) is 25.6 Å². The molecule has 8 heteroatoms. The summed E-state index contributed by atoms with van der Waals surface area (Å²) in [4.78, 5) is 7.81. The summed E-state index contributed by atoms with van der Waals surface area (Å²) < 4.78 is 24.8. The molecule has 0 bridgehead atoms. The van der Waals surface area contributed by atoms with Gasteiger partial charge in [0.1, 0.15) is 0 Å². The third kappa shape index (κ3) is 5.31. The van der Waals surface area contributed by atoms with Crippen LogP contribution in [0.25, 0.3) is 0 Å². The van der Waals surface area contributed by atoms with E-state index < -0.39 is 10.0 Å². The van der Waals surface area contributed by atoms with Crippen LogP contribution in [0.1, 0.15) is 57.8 Å². The fraction of sp³-hybridized carbons (Fsp3) is 0.941. The molecule has 0 amide bonds. The second kappa shape index (κ2) is 8.22. The summed E-state index contributed by atoms with van der Waals surface area (Å²) in [6.07, 6.45) is 11.5. The first kappa shape index (κ1) is 18.9. The molecular formula is C17H32N4O3S. The molecule has 1 aliphatic heterocycles. The molecule has 3 aliphatic rings. The zero-order chi connectivity index (χ0) is 17.9. The maximum absolute atomic E-state index is 11.1. The van der Waals surface area contributed by atoms with Crippen LogP contribution in [0.2, 0.25) is 0 Å². The molecule has 0 saturated heterocycles. The minimum Gasteiger partial charge on any atom is -0.352 e. The monoisotopic (exact) mass is 372 g/mol. The molecule has 2 aliphatic carbocycles. The molecule has 25 heavy (non-hydrogen) atoms. The first-order chi connectivity index (χ1) is 11.9. The minimum atomic E-state index is -3.07. The van der Waals surface area contributed by atoms with Crippen LogP contribution in [0.5, 0.6) is 0 Å². The molecule has 2 N–H and O–H groups in total. The van der Waals surface area contributed by atoms with Gasteiger partial charge in [0.05, 0.1) is 6.26 Å². The molecule has 0 aromatic rings. The number of hydrogen-bond acceptors (Lipinski definition) is 6. The van der Waals surface area contributed by atoms with Crippen LogP contribution in [0.15, 0.2) is 5.16 Å². The first-order valence-electron chi connectivity index (χ1n) is 9.59. The van der Waals surface area contributed by atoms with Gasteiger partial charge in [0.2, 0.25) is 10.0 Å². The van der Waals surface area contributed by atoms with Gasteiger partial charge in [-0.15, -0.1) is 0 Å². The predicted molar refractivity (Wildman–Crippen MR) is 98.4 cm³/mol. The zero-order valence-corrected chi connectivity index (χ0v) is 16.2. The number of oxime groups is 1. The van der Waals surface area contributed by atoms with Crippen molar-refractivity contribution in [1.82, 2.24) is 14.9 Å². The summed E-state index contributed by atoms with van der Waals surface area (Å²) in [6.45, 7) is 0.550. The molecule has 0 aromatic carbocycles. The molecule has 2 saturated carbocycles. The Hall–Kier alpha value is -0.860. The standard InChI is InChI=1S/C17H32N4O3S/c1-21-16(14-5-3-4-6-14)20-24-17(21)19-15-9-7-13(8-10-15)11-12-18-25(2,22)23/h13-15,17-19H,3-12H2,1-2H3. The van der Waals surface area contributed by atoms with E-state index in [1.54, 1.807) is 0 Å². The van der Waals surface area contributed by atoms with E-state index in [9.17, 15) is 8.42 Å². The number of nitrogens with one attached hydrogen (secondary N) is 2. The molecule has 2 fully saturated rings. The zero-order valence-electron chi connectivity index (χ0n) is 15.4. The van der Waals surface area contributed by atoms with Crippen LogP contribution in [0.3, 0.4) is 0 Å². The third-order valence-electron chi connectivity index (χ3n) is 5.82. The number of nitrogens with zero attached hydrogens (tertiary/aromatic N) is 2. The minimum absolute atomic E-state index is 0.135. The number of hydrogen-bond donors (Lipinski definition) is 2. The Balaban J connectivity index is 1.37. The van der Waals surface area contributed by atoms with Gasteiger partial charge in [-0.3, -0.25) is 5.32 Å². The van der Waals surface area contributed by atoms with Gasteiger partial charge >= 0.3 is 0 Å². The average Bonchev–Trinajstić information content (AvgIpc) is 3.19. The van der Waals surface area contributed by atoms with Crippen LogP contribution in [0.4, 0.5) is 0 Å². The highest BCUT2D eigenvalue weighted by Crippen LogP contribution is 2.31. The SMILES string of the molecule is CN1C(C2CCCC2)=NOC1NC1CCC(CCNS(C)(=O)=O)CC1. The van der Waals surface area contributed by atoms with E-state index >= 15 is 0 Å². The number of amidine groups is 1. The van der Waals surface area contributed by atoms with Crippen molar-refractivity contribution in [3.8, 4) is 0 Å². The van der Waals surface area contributed by atoms with Crippen LogP contribution in [-0.4, -0.2) is 51.4 Å². The van der Waals surface area contributed by atoms with E-state index in [1.165, 1.54) is 31.9 Å². The summed E-state index contributed by atoms with van der Waals surface area (Å²) in [5.74, 6) is 2.28. The Bertz CT molecular complexity index is 566. The summed E-state index contributed by atoms with van der Waals surface area (Å²) in [5, 5.41) is 7.94. The molecule has 3 rings (SSSR count). The number of sulfonamides is 1. The van der Waals surface area contributed by atoms with Crippen molar-refractivity contribution in [3.05, 3.63) is 0 Å². The Labute approximate surface area is 151 Å². The van der Waals surface area contributed by atoms with Crippen LogP contribution >= 0.6 is 0 Å². The maximum Gasteiger partial charge on any atom is 0.256 e. The van der Waals surface area contributed by atoms with Crippen molar-refractivity contribution in [1.29, 1.82) is 0 Å². The lowest BCUT2D eigenvalue weighted by Crippen LogP contribution is -2.49. The molecule has 0 radical (unpaired) electrons. The van der Waals surface area contributed by atoms with Crippen molar-refractivity contribution in [2.75, 3.05) is 19.8 Å². The van der Waals surface area contributed by atoms with Crippen molar-refractivity contribution in [3.63, 3.8) is 0 Å². The van der Waals surface area contributed by atoms with E-state index in [0.29, 0.717) is 24.4 Å². The highest BCUT2D eigenvalue weighted by molar-refractivity contribution is 7.88. The van der Waals surface area contributed by atoms with E-state index in [2.05, 4.69) is 27.1 Å². The van der Waals surface area contributed by atoms with Crippen LogP contribution < -0.4 is 10.0 Å². The van der Waals surface area contributed by atoms with Gasteiger partial charge in [-0.25, -0.2) is 13.1 Å². The van der Waals surface area contributed by atoms with Gasteiger partial charge in [-0.05, 0) is 50.9 Å². The Morgan fingerprint density at radius 3 is 2.48 bits per heavy atom. The van der Waals surface area contributed by atoms with Gasteiger partial charge in [0.25, 0.3) is 6.35 Å². The maximum atomic E-state index is 11.1. The van der Waals surface area contributed by atoms with Crippen molar-refractivity contribution >= 4 is 15.9 Å². The van der Waals surface area contributed by atoms with E-state index in [-0.39, 0.29) is 6.35 Å². The summed E-state index contributed by atoms with van der Waals surface area (Å²) in [6, 6.07) is 0.449. The van der Waals surface area contributed by atoms with Crippen LogP contribution in [-0.2, 0) is 14.9 Å². The van der Waals surface area contributed by atoms with Crippen molar-refractivity contribution in [2.45, 2.75) is 70.2 Å². The molecule has 1 atom stereocenters. The molecule has 1 unspecified atom stereocenters. The molecule has 0 aromatic heterocycles. The Morgan fingerprint density at radius 1 is 1.16 bits per heavy atom. The smallest absolute Gasteiger partial charge is 0.256 e. The average molecular weight is 373 g/mol. The van der Waals surface area contributed by atoms with Crippen molar-refractivity contribution < 1.29 is 13.3 Å². The predicted octanol–water partition coefficient (Wildman–Crippen LogP) is 1.82. The second-order valence-corrected chi connectivity index (χ2v) is 9.67. The van der Waals surface area contributed by atoms with Gasteiger partial charge in [0.15, 0.2) is 5.84 Å². The van der Waals surface area contributed by atoms with Crippen LogP contribution in [0, 0.1) is 11.8 Å². The topological polar surface area (TPSA) is 83.0 Å². The molecule has 144 valence electrons. The third-order valence-corrected chi connectivity index (χ3v) is 6.55. The lowest BCUT2D eigenvalue weighted by atomic mass is 9.84. The molecule has 1 heterocycles. The van der Waals surface area contributed by atoms with E-state index in [4.69, 9.17) is 4.84 Å². The molecule has 7 nitrogen and oxygen atoms in total. The van der Waals surface area contributed by atoms with Gasteiger partial charge in [-0.1, -0.05) is 18.0 Å². The van der Waals surface area contributed by atoms with Crippen molar-refractivity contribution in [2.24, 2.45) is 17.0 Å². The van der Waals surface area contributed by atoms with E-state index in [1.807, 2.05) is 0 Å². The fourth-order valence-electron chi connectivity index (χ4n) is 4.32. The lowest BCUT2D eigenvalue weighted by Gasteiger charge is -2.32. The highest BCUT2D eigenvalue weighted by atomic mass is 32.2.